The van der Waals surface area contributed by atoms with Gasteiger partial charge in [0, 0.05) is 32.0 Å². The predicted octanol–water partition coefficient (Wildman–Crippen LogP) is 1.62. The highest BCUT2D eigenvalue weighted by atomic mass is 79.9. The number of ether oxygens (including phenoxy) is 2. The van der Waals surface area contributed by atoms with Crippen LogP contribution in [0, 0.1) is 17.8 Å². The summed E-state index contributed by atoms with van der Waals surface area (Å²) < 4.78 is 15.1. The Balaban J connectivity index is 1.36. The lowest BCUT2D eigenvalue weighted by atomic mass is 9.71. The van der Waals surface area contributed by atoms with Crippen LogP contribution in [-0.2, 0) is 9.47 Å². The first-order valence-electron chi connectivity index (χ1n) is 12.6. The number of carbonyl (C=O) groups excluding carboxylic acids is 2. The number of nitrogens with two attached hydrogens (primary N) is 2. The number of aromatic amines is 2. The molecule has 6 rings (SSSR count). The van der Waals surface area contributed by atoms with Gasteiger partial charge in [0.25, 0.3) is 11.8 Å². The number of hydrogen-bond donors (Lipinski definition) is 8. The van der Waals surface area contributed by atoms with Crippen molar-refractivity contribution in [3.8, 4) is 0 Å². The number of hydrogen-bond acceptors (Lipinski definition) is 10. The molecule has 2 amide bonds. The van der Waals surface area contributed by atoms with Gasteiger partial charge in [-0.3, -0.25) is 9.59 Å². The van der Waals surface area contributed by atoms with Crippen molar-refractivity contribution in [2.75, 3.05) is 20.2 Å². The number of aromatic nitrogens is 2. The normalized spacial score (nSPS) is 34.4. The van der Waals surface area contributed by atoms with Gasteiger partial charge in [0.2, 0.25) is 6.23 Å². The Morgan fingerprint density at radius 2 is 1.48 bits per heavy atom. The van der Waals surface area contributed by atoms with Gasteiger partial charge in [0.05, 0.1) is 23.5 Å². The van der Waals surface area contributed by atoms with E-state index in [1.165, 1.54) is 7.11 Å². The van der Waals surface area contributed by atoms with E-state index in [-0.39, 0.29) is 36.8 Å². The number of guanidine groups is 2. The van der Waals surface area contributed by atoms with Crippen LogP contribution in [0.5, 0.6) is 0 Å². The van der Waals surface area contributed by atoms with Crippen LogP contribution >= 0.6 is 75.3 Å². The minimum atomic E-state index is -1.28. The van der Waals surface area contributed by atoms with Crippen LogP contribution in [0.2, 0.25) is 0 Å². The summed E-state index contributed by atoms with van der Waals surface area (Å²) in [5.74, 6) is -1.80. The third-order valence-corrected chi connectivity index (χ3v) is 12.5. The van der Waals surface area contributed by atoms with Gasteiger partial charge in [-0.2, -0.15) is 0 Å². The lowest BCUT2D eigenvalue weighted by Crippen LogP contribution is -2.76. The standard InChI is InChI=1S/C23H25Br4ClN10O4/c1-41-23-12-6(4-31-16(39)10-2-8(24)14(26)33-10)7(5-32-17(40)11-3-9(25)15(27)34-11)13(28)22(12)18(35-20(29)37-22)42-19(23)36-21(30)38-23/h2-3,6-7,12-13,18-19,33-34H,4-5H2,1H3,(H,31,39)(H,32,40)(H3,29,35,37)(H3,30,36,38). The summed E-state index contributed by atoms with van der Waals surface area (Å²) in [6.45, 7) is 0.297. The second-order valence-corrected chi connectivity index (χ2v) is 14.1. The van der Waals surface area contributed by atoms with Crippen LogP contribution in [-0.4, -0.2) is 83.0 Å². The number of alkyl halides is 1. The zero-order chi connectivity index (χ0) is 30.1. The van der Waals surface area contributed by atoms with Crippen molar-refractivity contribution in [3.63, 3.8) is 0 Å². The van der Waals surface area contributed by atoms with Crippen molar-refractivity contribution in [1.29, 1.82) is 0 Å². The van der Waals surface area contributed by atoms with Gasteiger partial charge < -0.3 is 52.2 Å². The molecule has 1 saturated carbocycles. The van der Waals surface area contributed by atoms with E-state index >= 15 is 0 Å². The highest BCUT2D eigenvalue weighted by Gasteiger charge is 2.77. The average molecular weight is 861 g/mol. The van der Waals surface area contributed by atoms with E-state index in [1.54, 1.807) is 12.1 Å². The Morgan fingerprint density at radius 1 is 0.952 bits per heavy atom. The highest BCUT2D eigenvalue weighted by molar-refractivity contribution is 9.13. The first-order valence-corrected chi connectivity index (χ1v) is 16.2. The molecule has 2 fully saturated rings. The van der Waals surface area contributed by atoms with E-state index in [1.807, 2.05) is 0 Å². The van der Waals surface area contributed by atoms with Crippen molar-refractivity contribution < 1.29 is 19.1 Å². The number of nitrogens with zero attached hydrogens (tertiary/aromatic N) is 2. The highest BCUT2D eigenvalue weighted by Crippen LogP contribution is 2.59. The number of carbonyl (C=O) groups is 2. The molecule has 226 valence electrons. The third-order valence-electron chi connectivity index (χ3n) is 8.27. The molecule has 0 radical (unpaired) electrons. The van der Waals surface area contributed by atoms with Gasteiger partial charge in [-0.1, -0.05) is 0 Å². The number of methoxy groups -OCH3 is 1. The molecule has 5 heterocycles. The maximum absolute atomic E-state index is 13.2. The van der Waals surface area contributed by atoms with Gasteiger partial charge in [0.1, 0.15) is 16.9 Å². The van der Waals surface area contributed by atoms with E-state index < -0.39 is 46.9 Å². The van der Waals surface area contributed by atoms with Gasteiger partial charge in [-0.25, -0.2) is 9.98 Å². The largest absolute Gasteiger partial charge is 0.370 e. The first-order chi connectivity index (χ1) is 19.9. The van der Waals surface area contributed by atoms with E-state index in [9.17, 15) is 9.59 Å². The summed E-state index contributed by atoms with van der Waals surface area (Å²) in [5.41, 5.74) is 10.7. The fourth-order valence-corrected chi connectivity index (χ4v) is 8.50. The summed E-state index contributed by atoms with van der Waals surface area (Å²) >= 11 is 20.8. The minimum absolute atomic E-state index is 0.128. The molecule has 10 N–H and O–H groups in total. The van der Waals surface area contributed by atoms with Crippen molar-refractivity contribution in [2.45, 2.75) is 29.1 Å². The molecule has 19 heteroatoms. The lowest BCUT2D eigenvalue weighted by molar-refractivity contribution is -0.244. The molecule has 2 aromatic rings. The average Bonchev–Trinajstić information content (AvgIpc) is 3.70. The Bertz CT molecular complexity index is 1480. The van der Waals surface area contributed by atoms with Gasteiger partial charge in [0.15, 0.2) is 23.9 Å². The predicted molar refractivity (Wildman–Crippen MR) is 168 cm³/mol. The van der Waals surface area contributed by atoms with Crippen LogP contribution in [0.4, 0.5) is 0 Å². The van der Waals surface area contributed by atoms with Crippen LogP contribution in [0.15, 0.2) is 40.3 Å². The Hall–Kier alpha value is -1.83. The third kappa shape index (κ3) is 4.59. The second-order valence-electron chi connectivity index (χ2n) is 10.4. The summed E-state index contributed by atoms with van der Waals surface area (Å²) in [6.07, 6.45) is -1.71. The zero-order valence-corrected chi connectivity index (χ0v) is 28.7. The molecular weight excluding hydrogens is 835 g/mol. The molecular formula is C23H25Br4ClN10O4. The molecule has 8 unspecified atom stereocenters. The lowest BCUT2D eigenvalue weighted by Gasteiger charge is -2.53. The minimum Gasteiger partial charge on any atom is -0.370 e. The number of amides is 2. The molecule has 14 nitrogen and oxygen atoms in total. The first kappa shape index (κ1) is 30.2. The molecule has 4 aliphatic rings. The number of fused-ring (bicyclic) bond motifs is 2. The van der Waals surface area contributed by atoms with Crippen LogP contribution in [0.25, 0.3) is 0 Å². The molecule has 2 aromatic heterocycles. The van der Waals surface area contributed by atoms with Crippen molar-refractivity contribution >= 4 is 99.1 Å². The smallest absolute Gasteiger partial charge is 0.267 e. The fraction of sp³-hybridized carbons (Fsp3) is 0.478. The Kier molecular flexibility index (Phi) is 7.88. The number of halogens is 5. The fourth-order valence-electron chi connectivity index (χ4n) is 6.61. The van der Waals surface area contributed by atoms with Crippen LogP contribution in [0.3, 0.4) is 0 Å². The monoisotopic (exact) mass is 856 g/mol. The number of rotatable bonds is 7. The van der Waals surface area contributed by atoms with Gasteiger partial charge in [-0.15, -0.1) is 11.6 Å². The zero-order valence-electron chi connectivity index (χ0n) is 21.6. The van der Waals surface area contributed by atoms with E-state index in [0.29, 0.717) is 29.5 Å². The van der Waals surface area contributed by atoms with Crippen LogP contribution in [0.1, 0.15) is 21.0 Å². The summed E-state index contributed by atoms with van der Waals surface area (Å²) in [4.78, 5) is 41.3. The summed E-state index contributed by atoms with van der Waals surface area (Å²) in [7, 11) is 1.52. The van der Waals surface area contributed by atoms with Crippen molar-refractivity contribution in [2.24, 2.45) is 39.2 Å². The van der Waals surface area contributed by atoms with E-state index in [0.717, 1.165) is 0 Å². The summed E-state index contributed by atoms with van der Waals surface area (Å²) in [5, 5.41) is 11.8. The van der Waals surface area contributed by atoms with Crippen molar-refractivity contribution in [1.82, 2.24) is 31.2 Å². The SMILES string of the molecule is COC12NC(N)=NC1OC1N=C(N)NC13C(Cl)C(CNC(=O)c1cc(Br)c(Br)[nH]1)C(CNC(=O)c1cc(Br)c(Br)[nH]1)C23. The van der Waals surface area contributed by atoms with E-state index in [4.69, 9.17) is 32.5 Å². The number of aliphatic imine (C=N–C) groups is 2. The maximum atomic E-state index is 13.2. The molecule has 1 spiro atoms. The second kappa shape index (κ2) is 11.0. The van der Waals surface area contributed by atoms with Gasteiger partial charge in [-0.05, 0) is 81.8 Å². The topological polar surface area (TPSA) is 209 Å². The number of H-pyrrole nitrogens is 2. The molecule has 0 bridgehead atoms. The molecule has 1 aliphatic carbocycles. The summed E-state index contributed by atoms with van der Waals surface area (Å²) in [6, 6.07) is 3.33. The number of nitrogens with one attached hydrogen (secondary N) is 6. The Morgan fingerprint density at radius 3 is 2.00 bits per heavy atom. The van der Waals surface area contributed by atoms with E-state index in [2.05, 4.69) is 105 Å². The van der Waals surface area contributed by atoms with Crippen LogP contribution < -0.4 is 32.7 Å². The van der Waals surface area contributed by atoms with Gasteiger partial charge >= 0.3 is 0 Å². The quantitative estimate of drug-likeness (QED) is 0.192. The molecule has 8 atom stereocenters. The molecule has 0 aromatic carbocycles. The maximum Gasteiger partial charge on any atom is 0.267 e. The molecule has 42 heavy (non-hydrogen) atoms. The molecule has 3 aliphatic heterocycles. The van der Waals surface area contributed by atoms with Crippen molar-refractivity contribution in [3.05, 3.63) is 41.7 Å². The Labute approximate surface area is 277 Å². The molecule has 1 saturated heterocycles.